The number of aryl methyl sites for hydroxylation is 1. The Hall–Kier alpha value is -3.07. The standard InChI is InChI=1S/C24H27FN4O3S/c1-3-17-14-26-24(27-15-17)29-11-9-18(10-12-29)22-6-4-5-19(28-22)16-32-23-8-7-20(13-21(23)25)33(2,30)31/h4-8,13-15,18H,3,9-12,16H2,1-2H3. The first-order chi connectivity index (χ1) is 15.8. The molecule has 2 aromatic heterocycles. The van der Waals surface area contributed by atoms with Gasteiger partial charge in [0, 0.05) is 43.4 Å². The van der Waals surface area contributed by atoms with Gasteiger partial charge in [-0.1, -0.05) is 13.0 Å². The summed E-state index contributed by atoms with van der Waals surface area (Å²) in [6, 6.07) is 9.43. The molecule has 0 atom stereocenters. The summed E-state index contributed by atoms with van der Waals surface area (Å²) in [5, 5.41) is 0. The molecule has 33 heavy (non-hydrogen) atoms. The van der Waals surface area contributed by atoms with Crippen LogP contribution in [0, 0.1) is 5.82 Å². The first-order valence-corrected chi connectivity index (χ1v) is 12.9. The van der Waals surface area contributed by atoms with Crippen molar-refractivity contribution in [2.45, 2.75) is 43.6 Å². The zero-order chi connectivity index (χ0) is 23.4. The average molecular weight is 471 g/mol. The number of hydrogen-bond acceptors (Lipinski definition) is 7. The third-order valence-electron chi connectivity index (χ3n) is 5.83. The van der Waals surface area contributed by atoms with E-state index in [1.54, 1.807) is 0 Å². The number of pyridine rings is 1. The molecule has 0 unspecified atom stereocenters. The molecule has 0 spiro atoms. The van der Waals surface area contributed by atoms with E-state index >= 15 is 0 Å². The van der Waals surface area contributed by atoms with Gasteiger partial charge in [-0.2, -0.15) is 0 Å². The van der Waals surface area contributed by atoms with E-state index in [-0.39, 0.29) is 17.3 Å². The number of halogens is 1. The summed E-state index contributed by atoms with van der Waals surface area (Å²) in [4.78, 5) is 15.8. The summed E-state index contributed by atoms with van der Waals surface area (Å²) in [5.41, 5.74) is 2.81. The summed E-state index contributed by atoms with van der Waals surface area (Å²) in [5.74, 6) is 0.374. The number of benzene rings is 1. The third kappa shape index (κ3) is 5.65. The maximum absolute atomic E-state index is 14.2. The zero-order valence-corrected chi connectivity index (χ0v) is 19.6. The number of sulfone groups is 1. The number of hydrogen-bond donors (Lipinski definition) is 0. The topological polar surface area (TPSA) is 85.3 Å². The summed E-state index contributed by atoms with van der Waals surface area (Å²) in [7, 11) is -3.47. The molecule has 3 aromatic rings. The Bertz CT molecular complexity index is 1210. The lowest BCUT2D eigenvalue weighted by Crippen LogP contribution is -2.34. The SMILES string of the molecule is CCc1cnc(N2CCC(c3cccc(COc4ccc(S(C)(=O)=O)cc4F)n3)CC2)nc1. The molecule has 0 radical (unpaired) electrons. The average Bonchev–Trinajstić information content (AvgIpc) is 2.83. The van der Waals surface area contributed by atoms with Gasteiger partial charge in [-0.15, -0.1) is 0 Å². The monoisotopic (exact) mass is 470 g/mol. The van der Waals surface area contributed by atoms with Crippen LogP contribution >= 0.6 is 0 Å². The third-order valence-corrected chi connectivity index (χ3v) is 6.94. The number of piperidine rings is 1. The van der Waals surface area contributed by atoms with Gasteiger partial charge >= 0.3 is 0 Å². The van der Waals surface area contributed by atoms with Crippen LogP contribution in [0.25, 0.3) is 0 Å². The number of anilines is 1. The van der Waals surface area contributed by atoms with E-state index in [0.29, 0.717) is 11.6 Å². The second-order valence-corrected chi connectivity index (χ2v) is 10.2. The van der Waals surface area contributed by atoms with E-state index in [1.165, 1.54) is 12.1 Å². The fourth-order valence-corrected chi connectivity index (χ4v) is 4.49. The van der Waals surface area contributed by atoms with Crippen molar-refractivity contribution >= 4 is 15.8 Å². The minimum Gasteiger partial charge on any atom is -0.484 e. The Morgan fingerprint density at radius 2 is 1.85 bits per heavy atom. The number of nitrogens with zero attached hydrogens (tertiary/aromatic N) is 4. The molecular weight excluding hydrogens is 443 g/mol. The fraction of sp³-hybridized carbons (Fsp3) is 0.375. The van der Waals surface area contributed by atoms with Gasteiger partial charge in [0.15, 0.2) is 21.4 Å². The van der Waals surface area contributed by atoms with Crippen LogP contribution in [0.1, 0.15) is 42.6 Å². The quantitative estimate of drug-likeness (QED) is 0.517. The molecule has 174 valence electrons. The highest BCUT2D eigenvalue weighted by Gasteiger charge is 2.23. The molecule has 1 saturated heterocycles. The first-order valence-electron chi connectivity index (χ1n) is 11.0. The summed E-state index contributed by atoms with van der Waals surface area (Å²) in [6.07, 6.45) is 7.62. The highest BCUT2D eigenvalue weighted by atomic mass is 32.2. The van der Waals surface area contributed by atoms with Crippen molar-refractivity contribution < 1.29 is 17.5 Å². The number of aromatic nitrogens is 3. The molecule has 1 aromatic carbocycles. The largest absolute Gasteiger partial charge is 0.484 e. The van der Waals surface area contributed by atoms with Crippen molar-refractivity contribution in [2.24, 2.45) is 0 Å². The maximum Gasteiger partial charge on any atom is 0.225 e. The molecule has 0 amide bonds. The Labute approximate surface area is 193 Å². The second-order valence-electron chi connectivity index (χ2n) is 8.21. The molecule has 7 nitrogen and oxygen atoms in total. The number of rotatable bonds is 7. The van der Waals surface area contributed by atoms with Crippen LogP contribution < -0.4 is 9.64 Å². The Morgan fingerprint density at radius 1 is 1.12 bits per heavy atom. The molecule has 1 fully saturated rings. The highest BCUT2D eigenvalue weighted by Crippen LogP contribution is 2.29. The van der Waals surface area contributed by atoms with Crippen molar-refractivity contribution in [1.29, 1.82) is 0 Å². The van der Waals surface area contributed by atoms with E-state index in [1.807, 2.05) is 30.6 Å². The van der Waals surface area contributed by atoms with Gasteiger partial charge < -0.3 is 9.64 Å². The molecule has 0 aliphatic carbocycles. The van der Waals surface area contributed by atoms with E-state index in [9.17, 15) is 12.8 Å². The van der Waals surface area contributed by atoms with E-state index in [2.05, 4.69) is 21.8 Å². The Morgan fingerprint density at radius 3 is 2.48 bits per heavy atom. The summed E-state index contributed by atoms with van der Waals surface area (Å²) >= 11 is 0. The lowest BCUT2D eigenvalue weighted by molar-refractivity contribution is 0.285. The molecule has 1 aliphatic rings. The van der Waals surface area contributed by atoms with E-state index in [4.69, 9.17) is 9.72 Å². The molecule has 1 aliphatic heterocycles. The lowest BCUT2D eigenvalue weighted by Gasteiger charge is -2.31. The summed E-state index contributed by atoms with van der Waals surface area (Å²) < 4.78 is 42.9. The molecule has 3 heterocycles. The minimum atomic E-state index is -3.47. The molecule has 9 heteroatoms. The van der Waals surface area contributed by atoms with Crippen LogP contribution in [0.2, 0.25) is 0 Å². The van der Waals surface area contributed by atoms with Crippen molar-refractivity contribution in [3.05, 3.63) is 71.6 Å². The van der Waals surface area contributed by atoms with Gasteiger partial charge in [0.2, 0.25) is 5.95 Å². The Balaban J connectivity index is 1.36. The first kappa shape index (κ1) is 23.1. The minimum absolute atomic E-state index is 0.00278. The summed E-state index contributed by atoms with van der Waals surface area (Å²) in [6.45, 7) is 3.90. The normalized spacial score (nSPS) is 14.9. The van der Waals surface area contributed by atoms with E-state index < -0.39 is 15.7 Å². The van der Waals surface area contributed by atoms with Gasteiger partial charge in [-0.25, -0.2) is 22.8 Å². The lowest BCUT2D eigenvalue weighted by atomic mass is 9.93. The number of ether oxygens (including phenoxy) is 1. The Kier molecular flexibility index (Phi) is 6.88. The van der Waals surface area contributed by atoms with Crippen LogP contribution in [0.5, 0.6) is 5.75 Å². The van der Waals surface area contributed by atoms with Gasteiger partial charge in [-0.05, 0) is 55.2 Å². The van der Waals surface area contributed by atoms with Crippen molar-refractivity contribution in [1.82, 2.24) is 15.0 Å². The highest BCUT2D eigenvalue weighted by molar-refractivity contribution is 7.90. The maximum atomic E-state index is 14.2. The van der Waals surface area contributed by atoms with Crippen molar-refractivity contribution in [3.8, 4) is 5.75 Å². The van der Waals surface area contributed by atoms with E-state index in [0.717, 1.165) is 61.9 Å². The van der Waals surface area contributed by atoms with Gasteiger partial charge in [-0.3, -0.25) is 4.98 Å². The van der Waals surface area contributed by atoms with Crippen LogP contribution in [-0.2, 0) is 22.9 Å². The van der Waals surface area contributed by atoms with Gasteiger partial charge in [0.05, 0.1) is 10.6 Å². The molecule has 0 saturated carbocycles. The van der Waals surface area contributed by atoms with Crippen molar-refractivity contribution in [3.63, 3.8) is 0 Å². The van der Waals surface area contributed by atoms with Gasteiger partial charge in [0.25, 0.3) is 0 Å². The van der Waals surface area contributed by atoms with Crippen molar-refractivity contribution in [2.75, 3.05) is 24.2 Å². The molecule has 0 bridgehead atoms. The fourth-order valence-electron chi connectivity index (χ4n) is 3.86. The molecule has 0 N–H and O–H groups in total. The second kappa shape index (κ2) is 9.82. The van der Waals surface area contributed by atoms with Crippen LogP contribution in [-0.4, -0.2) is 42.7 Å². The van der Waals surface area contributed by atoms with Gasteiger partial charge in [0.1, 0.15) is 6.61 Å². The zero-order valence-electron chi connectivity index (χ0n) is 18.7. The predicted octanol–water partition coefficient (Wildman–Crippen LogP) is 3.94. The smallest absolute Gasteiger partial charge is 0.225 e. The van der Waals surface area contributed by atoms with Crippen LogP contribution in [0.3, 0.4) is 0 Å². The van der Waals surface area contributed by atoms with Crippen LogP contribution in [0.4, 0.5) is 10.3 Å². The predicted molar refractivity (Wildman–Crippen MR) is 124 cm³/mol. The molecule has 4 rings (SSSR count). The van der Waals surface area contributed by atoms with Crippen LogP contribution in [0.15, 0.2) is 53.7 Å². The molecular formula is C24H27FN4O3S.